The number of aryl methyl sites for hydroxylation is 1. The van der Waals surface area contributed by atoms with Gasteiger partial charge >= 0.3 is 11.9 Å². The molecule has 0 saturated heterocycles. The van der Waals surface area contributed by atoms with Gasteiger partial charge in [0.2, 0.25) is 5.69 Å². The predicted octanol–water partition coefficient (Wildman–Crippen LogP) is 12.8. The molecule has 0 N–H and O–H groups in total. The highest BCUT2D eigenvalue weighted by Gasteiger charge is 2.28. The summed E-state index contributed by atoms with van der Waals surface area (Å²) in [5.41, 5.74) is 17.2. The summed E-state index contributed by atoms with van der Waals surface area (Å²) in [6, 6.07) is 80.5. The third-order valence-corrected chi connectivity index (χ3v) is 14.7. The molecule has 11 aromatic rings. The minimum absolute atomic E-state index is 0.0591. The molecule has 0 aliphatic rings. The first-order valence-corrected chi connectivity index (χ1v) is 29.7. The molecule has 88 heavy (non-hydrogen) atoms. The lowest BCUT2D eigenvalue weighted by molar-refractivity contribution is 0.0256. The van der Waals surface area contributed by atoms with Crippen LogP contribution in [-0.4, -0.2) is 96.6 Å². The van der Waals surface area contributed by atoms with Crippen LogP contribution in [0.25, 0.3) is 22.3 Å². The molecule has 3 aromatic heterocycles. The van der Waals surface area contributed by atoms with Crippen molar-refractivity contribution >= 4 is 34.2 Å². The van der Waals surface area contributed by atoms with Crippen molar-refractivity contribution in [3.05, 3.63) is 321 Å². The highest BCUT2D eigenvalue weighted by Crippen LogP contribution is 2.39. The monoisotopic (exact) mass is 1170 g/mol. The van der Waals surface area contributed by atoms with E-state index in [0.717, 1.165) is 89.3 Å². The highest BCUT2D eigenvalue weighted by atomic mass is 16.6. The number of aromatic nitrogens is 9. The Morgan fingerprint density at radius 2 is 0.682 bits per heavy atom. The maximum Gasteiger partial charge on any atom is 0.361 e. The van der Waals surface area contributed by atoms with Gasteiger partial charge in [0.25, 0.3) is 0 Å². The summed E-state index contributed by atoms with van der Waals surface area (Å²) in [6.07, 6.45) is 5.67. The lowest BCUT2D eigenvalue weighted by Crippen LogP contribution is -2.21. The van der Waals surface area contributed by atoms with Crippen molar-refractivity contribution in [2.75, 3.05) is 39.6 Å². The van der Waals surface area contributed by atoms with E-state index < -0.39 is 11.9 Å². The largest absolute Gasteiger partial charge is 0.458 e. The first kappa shape index (κ1) is 59.3. The summed E-state index contributed by atoms with van der Waals surface area (Å²) in [4.78, 5) is 26.6. The second-order valence-corrected chi connectivity index (χ2v) is 20.9. The molecule has 3 heterocycles. The van der Waals surface area contributed by atoms with E-state index in [0.29, 0.717) is 52.1 Å². The summed E-state index contributed by atoms with van der Waals surface area (Å²) < 4.78 is 27.4. The Morgan fingerprint density at radius 3 is 1.02 bits per heavy atom. The number of esters is 2. The number of ether oxygens (including phenoxy) is 4. The van der Waals surface area contributed by atoms with Crippen LogP contribution in [0.15, 0.2) is 243 Å². The topological polar surface area (TPSA) is 163 Å². The molecular formula is C73H67N9O6. The molecule has 0 fully saturated rings. The molecule has 15 heteroatoms. The van der Waals surface area contributed by atoms with Crippen LogP contribution >= 0.6 is 0 Å². The van der Waals surface area contributed by atoms with Gasteiger partial charge < -0.3 is 18.9 Å². The molecule has 0 aliphatic carbocycles. The van der Waals surface area contributed by atoms with Crippen LogP contribution in [0.2, 0.25) is 0 Å². The van der Waals surface area contributed by atoms with Gasteiger partial charge in [-0.25, -0.2) is 23.6 Å². The van der Waals surface area contributed by atoms with Crippen LogP contribution in [0, 0.1) is 0 Å². The lowest BCUT2D eigenvalue weighted by Gasteiger charge is -2.18. The van der Waals surface area contributed by atoms with Crippen LogP contribution in [0.4, 0.5) is 0 Å². The summed E-state index contributed by atoms with van der Waals surface area (Å²) in [6.45, 7) is 3.87. The Kier molecular flexibility index (Phi) is 20.2. The van der Waals surface area contributed by atoms with E-state index in [9.17, 15) is 9.59 Å². The molecule has 0 aliphatic heterocycles. The van der Waals surface area contributed by atoms with Gasteiger partial charge in [-0.2, -0.15) is 0 Å². The molecule has 440 valence electrons. The first-order chi connectivity index (χ1) is 43.5. The van der Waals surface area contributed by atoms with Crippen LogP contribution in [-0.2, 0) is 51.4 Å². The van der Waals surface area contributed by atoms with Crippen molar-refractivity contribution in [1.82, 2.24) is 45.0 Å². The number of rotatable bonds is 28. The summed E-state index contributed by atoms with van der Waals surface area (Å²) in [5.74, 6) is -1.56. The van der Waals surface area contributed by atoms with E-state index in [2.05, 4.69) is 225 Å². The van der Waals surface area contributed by atoms with Crippen molar-refractivity contribution in [2.45, 2.75) is 45.8 Å². The maximum absolute atomic E-state index is 13.4. The van der Waals surface area contributed by atoms with Crippen LogP contribution in [0.5, 0.6) is 0 Å². The quantitative estimate of drug-likeness (QED) is 0.0259. The molecule has 15 nitrogen and oxygen atoms in total. The number of hydrogen-bond donors (Lipinski definition) is 0. The number of carbonyl (C=O) groups is 2. The third-order valence-electron chi connectivity index (χ3n) is 14.7. The third kappa shape index (κ3) is 15.3. The maximum atomic E-state index is 13.4. The fraction of sp³-hybridized carbons (Fsp3) is 0.178. The molecule has 8 aromatic carbocycles. The molecule has 0 bridgehead atoms. The van der Waals surface area contributed by atoms with Crippen LogP contribution < -0.4 is 0 Å². The molecule has 0 amide bonds. The Balaban J connectivity index is 0.615. The van der Waals surface area contributed by atoms with Gasteiger partial charge in [0.05, 0.1) is 50.9 Å². The number of nitrogens with zero attached hydrogens (tertiary/aromatic N) is 9. The van der Waals surface area contributed by atoms with E-state index in [1.54, 1.807) is 9.36 Å². The molecule has 0 unspecified atom stereocenters. The Bertz CT molecular complexity index is 3980. The Hall–Kier alpha value is -10.5. The SMILES string of the molecule is CCCn1nnc(C(=O)OCCOCCn2cc(Cc3ccc(C(=C(c4ccccc4)c4ccccc4)c4ccccc4)cc3)nn2)c1C(=O)OCCOCCn1cc(Cc2ccc(C(=C(c3ccccc3)c3ccccc3)c3ccccc3)cc2)nn1. The van der Waals surface area contributed by atoms with E-state index in [4.69, 9.17) is 18.9 Å². The number of carbonyl (C=O) groups excluding carboxylic acids is 2. The van der Waals surface area contributed by atoms with Gasteiger partial charge in [-0.15, -0.1) is 15.3 Å². The lowest BCUT2D eigenvalue weighted by atomic mass is 9.85. The molecule has 11 rings (SSSR count). The molecule has 0 radical (unpaired) electrons. The number of benzene rings is 8. The zero-order chi connectivity index (χ0) is 60.1. The Labute approximate surface area is 512 Å². The average molecular weight is 1170 g/mol. The standard InChI is InChI=1S/C73H67N9O6/c1-2-41-82-71(73(84)88-49-47-86-45-43-81-53-65(75-78-81)51-55-35-39-63(40-36-55)69(61-31-19-8-20-32-61)67(58-25-13-5-14-26-58)59-27-15-6-16-28-59)70(76-79-82)72(83)87-48-46-85-44-42-80-52-64(74-77-80)50-54-33-37-62(38-34-54)68(60-29-17-7-18-30-60)66(56-21-9-3-10-22-56)57-23-11-4-12-24-57/h3-40,52-53H,2,41-51H2,1H3. The van der Waals surface area contributed by atoms with Gasteiger partial charge in [0.15, 0.2) is 5.69 Å². The highest BCUT2D eigenvalue weighted by molar-refractivity contribution is 6.06. The van der Waals surface area contributed by atoms with Gasteiger partial charge in [0.1, 0.15) is 13.2 Å². The normalized spacial score (nSPS) is 11.1. The predicted molar refractivity (Wildman–Crippen MR) is 340 cm³/mol. The van der Waals surface area contributed by atoms with Gasteiger partial charge in [-0.05, 0) is 84.3 Å². The second-order valence-electron chi connectivity index (χ2n) is 20.9. The van der Waals surface area contributed by atoms with Crippen molar-refractivity contribution in [2.24, 2.45) is 0 Å². The molecule has 0 spiro atoms. The Morgan fingerprint density at radius 1 is 0.352 bits per heavy atom. The first-order valence-electron chi connectivity index (χ1n) is 29.7. The molecule has 0 saturated carbocycles. The number of hydrogen-bond acceptors (Lipinski definition) is 12. The van der Waals surface area contributed by atoms with Crippen LogP contribution in [0.3, 0.4) is 0 Å². The fourth-order valence-electron chi connectivity index (χ4n) is 10.6. The van der Waals surface area contributed by atoms with E-state index >= 15 is 0 Å². The van der Waals surface area contributed by atoms with Gasteiger partial charge in [-0.3, -0.25) is 0 Å². The fourth-order valence-corrected chi connectivity index (χ4v) is 10.6. The second kappa shape index (κ2) is 30.0. The van der Waals surface area contributed by atoms with Crippen molar-refractivity contribution < 1.29 is 28.5 Å². The van der Waals surface area contributed by atoms with E-state index in [1.807, 2.05) is 55.7 Å². The van der Waals surface area contributed by atoms with Gasteiger partial charge in [0, 0.05) is 31.8 Å². The summed E-state index contributed by atoms with van der Waals surface area (Å²) in [5, 5.41) is 25.5. The molecule has 0 atom stereocenters. The molecular weight excluding hydrogens is 1100 g/mol. The van der Waals surface area contributed by atoms with Crippen molar-refractivity contribution in [1.29, 1.82) is 0 Å². The smallest absolute Gasteiger partial charge is 0.361 e. The van der Waals surface area contributed by atoms with Gasteiger partial charge in [-0.1, -0.05) is 253 Å². The van der Waals surface area contributed by atoms with Crippen molar-refractivity contribution in [3.63, 3.8) is 0 Å². The van der Waals surface area contributed by atoms with E-state index in [-0.39, 0.29) is 37.8 Å². The summed E-state index contributed by atoms with van der Waals surface area (Å²) >= 11 is 0. The zero-order valence-corrected chi connectivity index (χ0v) is 49.1. The van der Waals surface area contributed by atoms with Crippen LogP contribution in [0.1, 0.15) is 101 Å². The minimum atomic E-state index is -0.807. The van der Waals surface area contributed by atoms with E-state index in [1.165, 1.54) is 4.68 Å². The average Bonchev–Trinajstić information content (AvgIpc) is 1.74. The van der Waals surface area contributed by atoms with Crippen molar-refractivity contribution in [3.8, 4) is 0 Å². The minimum Gasteiger partial charge on any atom is -0.458 e. The summed E-state index contributed by atoms with van der Waals surface area (Å²) in [7, 11) is 0. The zero-order valence-electron chi connectivity index (χ0n) is 49.1.